The van der Waals surface area contributed by atoms with Crippen LogP contribution in [0, 0.1) is 6.92 Å². The van der Waals surface area contributed by atoms with Gasteiger partial charge in [0.1, 0.15) is 5.69 Å². The molecule has 0 aliphatic heterocycles. The molecule has 0 N–H and O–H groups in total. The SMILES string of the molecule is CCCCN(C)C(=O)c1cc(-c2ccc(C)cc2)cn1CC. The largest absolute Gasteiger partial charge is 0.343 e. The fraction of sp³-hybridized carbons (Fsp3) is 0.421. The minimum absolute atomic E-state index is 0.105. The summed E-state index contributed by atoms with van der Waals surface area (Å²) in [5.74, 6) is 0.105. The van der Waals surface area contributed by atoms with Crippen molar-refractivity contribution in [2.24, 2.45) is 0 Å². The molecule has 0 aliphatic rings. The van der Waals surface area contributed by atoms with E-state index >= 15 is 0 Å². The van der Waals surface area contributed by atoms with Gasteiger partial charge in [-0.15, -0.1) is 0 Å². The Balaban J connectivity index is 2.28. The summed E-state index contributed by atoms with van der Waals surface area (Å²) in [6.45, 7) is 7.90. The second kappa shape index (κ2) is 7.30. The van der Waals surface area contributed by atoms with Crippen LogP contribution in [-0.2, 0) is 6.54 Å². The normalized spacial score (nSPS) is 10.7. The molecule has 0 bridgehead atoms. The molecule has 0 saturated carbocycles. The number of carbonyl (C=O) groups excluding carboxylic acids is 1. The van der Waals surface area contributed by atoms with Crippen LogP contribution in [-0.4, -0.2) is 29.0 Å². The number of amides is 1. The predicted molar refractivity (Wildman–Crippen MR) is 92.1 cm³/mol. The summed E-state index contributed by atoms with van der Waals surface area (Å²) >= 11 is 0. The van der Waals surface area contributed by atoms with Crippen LogP contribution < -0.4 is 0 Å². The van der Waals surface area contributed by atoms with Crippen LogP contribution >= 0.6 is 0 Å². The van der Waals surface area contributed by atoms with Crippen molar-refractivity contribution in [1.82, 2.24) is 9.47 Å². The van der Waals surface area contributed by atoms with Gasteiger partial charge in [0.15, 0.2) is 0 Å². The van der Waals surface area contributed by atoms with Gasteiger partial charge >= 0.3 is 0 Å². The quantitative estimate of drug-likeness (QED) is 0.778. The van der Waals surface area contributed by atoms with Gasteiger partial charge in [-0.2, -0.15) is 0 Å². The molecule has 22 heavy (non-hydrogen) atoms. The lowest BCUT2D eigenvalue weighted by Crippen LogP contribution is -2.29. The monoisotopic (exact) mass is 298 g/mol. The molecule has 0 spiro atoms. The Kier molecular flexibility index (Phi) is 5.42. The van der Waals surface area contributed by atoms with E-state index in [0.29, 0.717) is 0 Å². The van der Waals surface area contributed by atoms with Gasteiger partial charge in [0.05, 0.1) is 0 Å². The number of benzene rings is 1. The Morgan fingerprint density at radius 3 is 2.41 bits per heavy atom. The molecule has 0 aliphatic carbocycles. The van der Waals surface area contributed by atoms with Gasteiger partial charge in [0.2, 0.25) is 0 Å². The molecule has 2 aromatic rings. The number of rotatable bonds is 6. The molecule has 0 radical (unpaired) electrons. The summed E-state index contributed by atoms with van der Waals surface area (Å²) in [7, 11) is 1.89. The fourth-order valence-corrected chi connectivity index (χ4v) is 2.55. The lowest BCUT2D eigenvalue weighted by atomic mass is 10.1. The maximum absolute atomic E-state index is 12.6. The van der Waals surface area contributed by atoms with Crippen LogP contribution in [0.2, 0.25) is 0 Å². The highest BCUT2D eigenvalue weighted by Crippen LogP contribution is 2.23. The first-order valence-corrected chi connectivity index (χ1v) is 8.09. The maximum Gasteiger partial charge on any atom is 0.270 e. The highest BCUT2D eigenvalue weighted by molar-refractivity contribution is 5.94. The summed E-state index contributed by atoms with van der Waals surface area (Å²) in [6, 6.07) is 10.4. The van der Waals surface area contributed by atoms with Crippen LogP contribution in [0.1, 0.15) is 42.7 Å². The second-order valence-corrected chi connectivity index (χ2v) is 5.85. The Bertz CT molecular complexity index is 625. The van der Waals surface area contributed by atoms with Gasteiger partial charge in [0.25, 0.3) is 5.91 Å². The first kappa shape index (κ1) is 16.3. The molecule has 2 rings (SSSR count). The van der Waals surface area contributed by atoms with E-state index in [4.69, 9.17) is 0 Å². The number of aryl methyl sites for hydroxylation is 2. The van der Waals surface area contributed by atoms with Crippen molar-refractivity contribution in [1.29, 1.82) is 0 Å². The first-order valence-electron chi connectivity index (χ1n) is 8.09. The van der Waals surface area contributed by atoms with E-state index in [1.165, 1.54) is 5.56 Å². The van der Waals surface area contributed by atoms with E-state index in [9.17, 15) is 4.79 Å². The van der Waals surface area contributed by atoms with Crippen molar-refractivity contribution in [3.8, 4) is 11.1 Å². The number of unbranched alkanes of at least 4 members (excludes halogenated alkanes) is 1. The number of hydrogen-bond acceptors (Lipinski definition) is 1. The fourth-order valence-electron chi connectivity index (χ4n) is 2.55. The van der Waals surface area contributed by atoms with Gasteiger partial charge in [0, 0.05) is 31.9 Å². The Morgan fingerprint density at radius 2 is 1.82 bits per heavy atom. The molecule has 0 atom stereocenters. The van der Waals surface area contributed by atoms with E-state index in [0.717, 1.165) is 42.8 Å². The van der Waals surface area contributed by atoms with Crippen LogP contribution in [0.5, 0.6) is 0 Å². The second-order valence-electron chi connectivity index (χ2n) is 5.85. The Labute approximate surface area is 133 Å². The molecule has 0 saturated heterocycles. The van der Waals surface area contributed by atoms with E-state index in [1.54, 1.807) is 0 Å². The van der Waals surface area contributed by atoms with Crippen LogP contribution in [0.3, 0.4) is 0 Å². The minimum atomic E-state index is 0.105. The smallest absolute Gasteiger partial charge is 0.270 e. The summed E-state index contributed by atoms with van der Waals surface area (Å²) in [4.78, 5) is 14.5. The topological polar surface area (TPSA) is 25.2 Å². The molecule has 1 aromatic heterocycles. The standard InChI is InChI=1S/C19H26N2O/c1-5-7-12-20(4)19(22)18-13-17(14-21(18)6-2)16-10-8-15(3)9-11-16/h8-11,13-14H,5-7,12H2,1-4H3. The molecule has 1 amide bonds. The highest BCUT2D eigenvalue weighted by atomic mass is 16.2. The minimum Gasteiger partial charge on any atom is -0.343 e. The van der Waals surface area contributed by atoms with Gasteiger partial charge in [-0.25, -0.2) is 0 Å². The van der Waals surface area contributed by atoms with Crippen molar-refractivity contribution in [2.75, 3.05) is 13.6 Å². The highest BCUT2D eigenvalue weighted by Gasteiger charge is 2.17. The summed E-state index contributed by atoms with van der Waals surface area (Å²) < 4.78 is 2.04. The van der Waals surface area contributed by atoms with Crippen molar-refractivity contribution in [3.63, 3.8) is 0 Å². The molecule has 3 nitrogen and oxygen atoms in total. The predicted octanol–water partition coefficient (Wildman–Crippen LogP) is 4.36. The summed E-state index contributed by atoms with van der Waals surface area (Å²) in [6.07, 6.45) is 4.21. The molecule has 1 aromatic carbocycles. The average Bonchev–Trinajstić information content (AvgIpc) is 2.96. The zero-order valence-electron chi connectivity index (χ0n) is 14.1. The molecular weight excluding hydrogens is 272 g/mol. The van der Waals surface area contributed by atoms with Gasteiger partial charge in [-0.1, -0.05) is 43.2 Å². The van der Waals surface area contributed by atoms with Crippen molar-refractivity contribution < 1.29 is 4.79 Å². The van der Waals surface area contributed by atoms with Crippen molar-refractivity contribution in [3.05, 3.63) is 47.8 Å². The van der Waals surface area contributed by atoms with Crippen LogP contribution in [0.15, 0.2) is 36.5 Å². The molecule has 0 unspecified atom stereocenters. The average molecular weight is 298 g/mol. The van der Waals surface area contributed by atoms with Gasteiger partial charge < -0.3 is 9.47 Å². The lowest BCUT2D eigenvalue weighted by Gasteiger charge is -2.17. The van der Waals surface area contributed by atoms with Crippen molar-refractivity contribution in [2.45, 2.75) is 40.2 Å². The lowest BCUT2D eigenvalue weighted by molar-refractivity contribution is 0.0783. The molecule has 1 heterocycles. The molecule has 0 fully saturated rings. The van der Waals surface area contributed by atoms with Crippen LogP contribution in [0.4, 0.5) is 0 Å². The Hall–Kier alpha value is -2.03. The number of hydrogen-bond donors (Lipinski definition) is 0. The molecule has 3 heteroatoms. The van der Waals surface area contributed by atoms with E-state index in [-0.39, 0.29) is 5.91 Å². The number of aromatic nitrogens is 1. The Morgan fingerprint density at radius 1 is 1.14 bits per heavy atom. The third kappa shape index (κ3) is 3.59. The zero-order valence-corrected chi connectivity index (χ0v) is 14.1. The van der Waals surface area contributed by atoms with E-state index in [2.05, 4.69) is 51.2 Å². The third-order valence-corrected chi connectivity index (χ3v) is 4.04. The molecule has 118 valence electrons. The first-order chi connectivity index (χ1) is 10.6. The zero-order chi connectivity index (χ0) is 16.1. The maximum atomic E-state index is 12.6. The van der Waals surface area contributed by atoms with Crippen molar-refractivity contribution >= 4 is 5.91 Å². The summed E-state index contributed by atoms with van der Waals surface area (Å²) in [5, 5.41) is 0. The third-order valence-electron chi connectivity index (χ3n) is 4.04. The molecular formula is C19H26N2O. The van der Waals surface area contributed by atoms with E-state index in [1.807, 2.05) is 22.6 Å². The number of nitrogens with zero attached hydrogens (tertiary/aromatic N) is 2. The number of carbonyl (C=O) groups is 1. The van der Waals surface area contributed by atoms with Gasteiger partial charge in [-0.3, -0.25) is 4.79 Å². The van der Waals surface area contributed by atoms with Crippen LogP contribution in [0.25, 0.3) is 11.1 Å². The van der Waals surface area contributed by atoms with Gasteiger partial charge in [-0.05, 0) is 31.9 Å². The van der Waals surface area contributed by atoms with E-state index < -0.39 is 0 Å². The summed E-state index contributed by atoms with van der Waals surface area (Å²) in [5.41, 5.74) is 4.28.